The standard InChI is InChI=1S/C29H36N4O3S/c1-5-33-22(4)28(17-30-33)37(35,36)31-15-6-7-16-32-26(18-31)29(27(32)19-34)24-13-11-23(12-14-24)25-10-8-9-20(2)21(25)3/h6-14,17,26-27,29,34H,5,15-16,18-19H2,1-4H3/b7-6-/t26-,27+,29-/m0/s1. The number of aromatic nitrogens is 2. The lowest BCUT2D eigenvalue weighted by atomic mass is 9.74. The number of hydrogen-bond donors (Lipinski definition) is 1. The number of sulfonamides is 1. The van der Waals surface area contributed by atoms with Gasteiger partial charge in [0, 0.05) is 44.2 Å². The highest BCUT2D eigenvalue weighted by molar-refractivity contribution is 7.89. The van der Waals surface area contributed by atoms with Crippen LogP contribution in [0.5, 0.6) is 0 Å². The number of benzene rings is 2. The smallest absolute Gasteiger partial charge is 0.246 e. The van der Waals surface area contributed by atoms with Crippen LogP contribution in [0.3, 0.4) is 0 Å². The lowest BCUT2D eigenvalue weighted by Gasteiger charge is -2.56. The van der Waals surface area contributed by atoms with Crippen LogP contribution in [0.25, 0.3) is 11.1 Å². The van der Waals surface area contributed by atoms with E-state index in [-0.39, 0.29) is 29.5 Å². The molecule has 3 aromatic rings. The van der Waals surface area contributed by atoms with E-state index in [1.165, 1.54) is 22.9 Å². The van der Waals surface area contributed by atoms with Crippen LogP contribution in [0, 0.1) is 20.8 Å². The molecule has 8 heteroatoms. The summed E-state index contributed by atoms with van der Waals surface area (Å²) in [4.78, 5) is 2.49. The van der Waals surface area contributed by atoms with E-state index in [0.717, 1.165) is 11.1 Å². The topological polar surface area (TPSA) is 78.7 Å². The first-order valence-corrected chi connectivity index (χ1v) is 14.4. The molecule has 3 atom stereocenters. The minimum atomic E-state index is -3.72. The van der Waals surface area contributed by atoms with Crippen molar-refractivity contribution < 1.29 is 13.5 Å². The number of hydrogen-bond acceptors (Lipinski definition) is 5. The Labute approximate surface area is 220 Å². The highest BCUT2D eigenvalue weighted by atomic mass is 32.2. The zero-order valence-corrected chi connectivity index (χ0v) is 22.8. The van der Waals surface area contributed by atoms with E-state index in [1.807, 2.05) is 19.1 Å². The van der Waals surface area contributed by atoms with Gasteiger partial charge in [-0.3, -0.25) is 9.58 Å². The molecule has 196 valence electrons. The van der Waals surface area contributed by atoms with Gasteiger partial charge in [-0.15, -0.1) is 0 Å². The van der Waals surface area contributed by atoms with Crippen LogP contribution < -0.4 is 0 Å². The lowest BCUT2D eigenvalue weighted by molar-refractivity contribution is -0.0415. The summed E-state index contributed by atoms with van der Waals surface area (Å²) in [6.07, 6.45) is 5.39. The molecule has 3 heterocycles. The Hall–Kier alpha value is -2.78. The highest BCUT2D eigenvalue weighted by Crippen LogP contribution is 2.42. The van der Waals surface area contributed by atoms with Crippen LogP contribution in [0.2, 0.25) is 0 Å². The normalized spacial score (nSPS) is 23.6. The third-order valence-electron chi connectivity index (χ3n) is 8.24. The Kier molecular flexibility index (Phi) is 7.11. The van der Waals surface area contributed by atoms with Crippen LogP contribution in [0.15, 0.2) is 65.7 Å². The molecule has 0 spiro atoms. The Morgan fingerprint density at radius 3 is 2.43 bits per heavy atom. The van der Waals surface area contributed by atoms with Gasteiger partial charge >= 0.3 is 0 Å². The summed E-state index contributed by atoms with van der Waals surface area (Å²) in [5, 5.41) is 14.5. The molecule has 0 radical (unpaired) electrons. The molecule has 0 bridgehead atoms. The summed E-state index contributed by atoms with van der Waals surface area (Å²) in [5.74, 6) is 0.0429. The van der Waals surface area contributed by atoms with Gasteiger partial charge in [-0.25, -0.2) is 8.42 Å². The third-order valence-corrected chi connectivity index (χ3v) is 10.2. The molecular weight excluding hydrogens is 484 g/mol. The highest BCUT2D eigenvalue weighted by Gasteiger charge is 2.50. The number of aliphatic hydroxyl groups is 1. The zero-order chi connectivity index (χ0) is 26.3. The van der Waals surface area contributed by atoms with Crippen molar-refractivity contribution in [1.29, 1.82) is 0 Å². The summed E-state index contributed by atoms with van der Waals surface area (Å²) in [7, 11) is -3.72. The molecule has 0 amide bonds. The van der Waals surface area contributed by atoms with Crippen molar-refractivity contribution in [3.05, 3.63) is 83.2 Å². The minimum absolute atomic E-state index is 0.0232. The van der Waals surface area contributed by atoms with E-state index >= 15 is 0 Å². The molecule has 0 aliphatic carbocycles. The fraction of sp³-hybridized carbons (Fsp3) is 0.414. The molecule has 5 rings (SSSR count). The Bertz CT molecular complexity index is 1410. The number of nitrogens with zero attached hydrogens (tertiary/aromatic N) is 4. The average molecular weight is 521 g/mol. The molecule has 1 saturated heterocycles. The SMILES string of the molecule is CCn1ncc(S(=O)(=O)N2C/C=C\CN3[C@H](CO)[C@@H](c4ccc(-c5cccc(C)c5C)cc4)[C@@H]3C2)c1C. The van der Waals surface area contributed by atoms with E-state index in [4.69, 9.17) is 0 Å². The van der Waals surface area contributed by atoms with Gasteiger partial charge in [-0.1, -0.05) is 54.6 Å². The second kappa shape index (κ2) is 10.2. The summed E-state index contributed by atoms with van der Waals surface area (Å²) in [6.45, 7) is 10.1. The monoisotopic (exact) mass is 520 g/mol. The molecule has 0 unspecified atom stereocenters. The predicted octanol–water partition coefficient (Wildman–Crippen LogP) is 3.88. The van der Waals surface area contributed by atoms with Crippen molar-refractivity contribution in [3.8, 4) is 11.1 Å². The zero-order valence-electron chi connectivity index (χ0n) is 22.0. The van der Waals surface area contributed by atoms with Crippen molar-refractivity contribution in [2.45, 2.75) is 57.1 Å². The maximum atomic E-state index is 13.7. The van der Waals surface area contributed by atoms with Crippen molar-refractivity contribution in [2.24, 2.45) is 0 Å². The summed E-state index contributed by atoms with van der Waals surface area (Å²) in [5.41, 5.74) is 6.71. The first-order valence-electron chi connectivity index (χ1n) is 13.0. The van der Waals surface area contributed by atoms with Gasteiger partial charge in [0.05, 0.1) is 18.5 Å². The quantitative estimate of drug-likeness (QED) is 0.499. The summed E-state index contributed by atoms with van der Waals surface area (Å²) < 4.78 is 30.7. The van der Waals surface area contributed by atoms with Crippen LogP contribution in [0.1, 0.15) is 35.2 Å². The molecular formula is C29H36N4O3S. The van der Waals surface area contributed by atoms with Gasteiger partial charge in [-0.2, -0.15) is 9.40 Å². The number of rotatable bonds is 6. The molecule has 37 heavy (non-hydrogen) atoms. The van der Waals surface area contributed by atoms with Gasteiger partial charge in [0.25, 0.3) is 0 Å². The maximum Gasteiger partial charge on any atom is 0.246 e. The van der Waals surface area contributed by atoms with Crippen molar-refractivity contribution in [2.75, 3.05) is 26.2 Å². The second-order valence-electron chi connectivity index (χ2n) is 10.1. The molecule has 1 N–H and O–H groups in total. The third kappa shape index (κ3) is 4.46. The summed E-state index contributed by atoms with van der Waals surface area (Å²) >= 11 is 0. The van der Waals surface area contributed by atoms with Crippen molar-refractivity contribution >= 4 is 10.0 Å². The van der Waals surface area contributed by atoms with E-state index in [2.05, 4.69) is 66.3 Å². The molecule has 2 aromatic carbocycles. The average Bonchev–Trinajstić information content (AvgIpc) is 3.26. The van der Waals surface area contributed by atoms with E-state index in [1.54, 1.807) is 15.9 Å². The molecule has 2 aliphatic rings. The Morgan fingerprint density at radius 2 is 1.76 bits per heavy atom. The van der Waals surface area contributed by atoms with Gasteiger partial charge in [0.2, 0.25) is 10.0 Å². The largest absolute Gasteiger partial charge is 0.395 e. The van der Waals surface area contributed by atoms with Crippen LogP contribution in [-0.2, 0) is 16.6 Å². The second-order valence-corrected chi connectivity index (χ2v) is 12.0. The molecule has 0 saturated carbocycles. The molecule has 2 aliphatic heterocycles. The Balaban J connectivity index is 1.45. The number of fused-ring (bicyclic) bond motifs is 1. The van der Waals surface area contributed by atoms with Gasteiger partial charge in [-0.05, 0) is 55.5 Å². The minimum Gasteiger partial charge on any atom is -0.395 e. The molecule has 7 nitrogen and oxygen atoms in total. The predicted molar refractivity (Wildman–Crippen MR) is 146 cm³/mol. The van der Waals surface area contributed by atoms with Gasteiger partial charge in [0.15, 0.2) is 0 Å². The fourth-order valence-corrected chi connectivity index (χ4v) is 7.49. The van der Waals surface area contributed by atoms with Crippen LogP contribution >= 0.6 is 0 Å². The van der Waals surface area contributed by atoms with Crippen LogP contribution in [0.4, 0.5) is 0 Å². The first-order chi connectivity index (χ1) is 17.8. The van der Waals surface area contributed by atoms with Gasteiger partial charge in [0.1, 0.15) is 4.90 Å². The Morgan fingerprint density at radius 1 is 1.03 bits per heavy atom. The first kappa shape index (κ1) is 25.9. The number of aryl methyl sites for hydroxylation is 2. The van der Waals surface area contributed by atoms with Crippen molar-refractivity contribution in [1.82, 2.24) is 19.0 Å². The van der Waals surface area contributed by atoms with E-state index in [9.17, 15) is 13.5 Å². The summed E-state index contributed by atoms with van der Waals surface area (Å²) in [6, 6.07) is 14.9. The van der Waals surface area contributed by atoms with Crippen LogP contribution in [-0.4, -0.2) is 70.8 Å². The molecule has 1 aromatic heterocycles. The fourth-order valence-electron chi connectivity index (χ4n) is 5.92. The van der Waals surface area contributed by atoms with E-state index < -0.39 is 10.0 Å². The lowest BCUT2D eigenvalue weighted by Crippen LogP contribution is -2.67. The molecule has 1 fully saturated rings. The van der Waals surface area contributed by atoms with Crippen molar-refractivity contribution in [3.63, 3.8) is 0 Å². The van der Waals surface area contributed by atoms with Gasteiger partial charge < -0.3 is 5.11 Å². The van der Waals surface area contributed by atoms with E-state index in [0.29, 0.717) is 31.9 Å². The number of aliphatic hydroxyl groups excluding tert-OH is 1. The maximum absolute atomic E-state index is 13.7.